The van der Waals surface area contributed by atoms with Crippen LogP contribution in [0.5, 0.6) is 5.75 Å². The van der Waals surface area contributed by atoms with Gasteiger partial charge in [-0.3, -0.25) is 4.79 Å². The number of methoxy groups -OCH3 is 1. The number of anilines is 2. The maximum atomic E-state index is 12.4. The van der Waals surface area contributed by atoms with Crippen molar-refractivity contribution in [2.45, 2.75) is 32.3 Å². The second-order valence-corrected chi connectivity index (χ2v) is 6.86. The van der Waals surface area contributed by atoms with Crippen LogP contribution in [-0.4, -0.2) is 38.2 Å². The lowest BCUT2D eigenvalue weighted by Gasteiger charge is -2.28. The molecule has 0 radical (unpaired) electrons. The number of hydrogen-bond acceptors (Lipinski definition) is 5. The van der Waals surface area contributed by atoms with E-state index in [-0.39, 0.29) is 5.91 Å². The Kier molecular flexibility index (Phi) is 6.53. The molecule has 148 valence electrons. The molecule has 0 aliphatic carbocycles. The topological polar surface area (TPSA) is 67.9 Å². The molecule has 1 aliphatic rings. The number of amides is 1. The van der Waals surface area contributed by atoms with E-state index in [1.807, 2.05) is 24.3 Å². The molecule has 1 saturated heterocycles. The summed E-state index contributed by atoms with van der Waals surface area (Å²) < 4.78 is 10.4. The van der Waals surface area contributed by atoms with E-state index in [1.54, 1.807) is 31.2 Å². The van der Waals surface area contributed by atoms with Crippen molar-refractivity contribution < 1.29 is 19.1 Å². The number of rotatable bonds is 6. The summed E-state index contributed by atoms with van der Waals surface area (Å²) in [4.78, 5) is 27.0. The molecule has 1 aliphatic heterocycles. The molecule has 0 spiro atoms. The fraction of sp³-hybridized carbons (Fsp3) is 0.364. The van der Waals surface area contributed by atoms with Gasteiger partial charge in [-0.25, -0.2) is 4.79 Å². The molecule has 2 aromatic carbocycles. The summed E-state index contributed by atoms with van der Waals surface area (Å²) in [5.41, 5.74) is 2.18. The molecule has 0 bridgehead atoms. The molecule has 3 rings (SSSR count). The third kappa shape index (κ3) is 5.03. The van der Waals surface area contributed by atoms with Gasteiger partial charge >= 0.3 is 5.97 Å². The van der Waals surface area contributed by atoms with Crippen LogP contribution in [0.1, 0.15) is 36.5 Å². The third-order valence-electron chi connectivity index (χ3n) is 4.81. The van der Waals surface area contributed by atoms with Crippen molar-refractivity contribution >= 4 is 23.3 Å². The molecule has 0 unspecified atom stereocenters. The smallest absolute Gasteiger partial charge is 0.339 e. The Morgan fingerprint density at radius 1 is 1.04 bits per heavy atom. The van der Waals surface area contributed by atoms with Crippen LogP contribution in [0.15, 0.2) is 48.5 Å². The summed E-state index contributed by atoms with van der Waals surface area (Å²) >= 11 is 0. The summed E-state index contributed by atoms with van der Waals surface area (Å²) in [5, 5.41) is 2.79. The minimum Gasteiger partial charge on any atom is -0.497 e. The van der Waals surface area contributed by atoms with Gasteiger partial charge in [0.15, 0.2) is 6.10 Å². The van der Waals surface area contributed by atoms with Gasteiger partial charge in [-0.15, -0.1) is 0 Å². The Hall–Kier alpha value is -3.02. The quantitative estimate of drug-likeness (QED) is 0.768. The first-order valence-electron chi connectivity index (χ1n) is 9.58. The van der Waals surface area contributed by atoms with Crippen molar-refractivity contribution in [1.29, 1.82) is 0 Å². The Morgan fingerprint density at radius 2 is 1.75 bits per heavy atom. The van der Waals surface area contributed by atoms with Gasteiger partial charge in [0.25, 0.3) is 5.91 Å². The van der Waals surface area contributed by atoms with E-state index < -0.39 is 12.1 Å². The summed E-state index contributed by atoms with van der Waals surface area (Å²) in [7, 11) is 1.52. The minimum atomic E-state index is -0.916. The Morgan fingerprint density at radius 3 is 2.43 bits per heavy atom. The van der Waals surface area contributed by atoms with Gasteiger partial charge in [-0.2, -0.15) is 0 Å². The highest BCUT2D eigenvalue weighted by Gasteiger charge is 2.19. The predicted octanol–water partition coefficient (Wildman–Crippen LogP) is 3.87. The third-order valence-corrected chi connectivity index (χ3v) is 4.81. The monoisotopic (exact) mass is 382 g/mol. The van der Waals surface area contributed by atoms with Crippen LogP contribution in [-0.2, 0) is 9.53 Å². The molecule has 1 amide bonds. The predicted molar refractivity (Wildman–Crippen MR) is 109 cm³/mol. The summed E-state index contributed by atoms with van der Waals surface area (Å²) in [6.07, 6.45) is 2.81. The highest BCUT2D eigenvalue weighted by Crippen LogP contribution is 2.22. The van der Waals surface area contributed by atoms with E-state index in [2.05, 4.69) is 10.2 Å². The normalized spacial score (nSPS) is 14.9. The van der Waals surface area contributed by atoms with Gasteiger partial charge in [-0.1, -0.05) is 6.07 Å². The molecule has 6 heteroatoms. The lowest BCUT2D eigenvalue weighted by Crippen LogP contribution is -2.30. The lowest BCUT2D eigenvalue weighted by molar-refractivity contribution is -0.123. The Balaban J connectivity index is 1.55. The number of hydrogen-bond donors (Lipinski definition) is 1. The first-order chi connectivity index (χ1) is 13.6. The van der Waals surface area contributed by atoms with Crippen molar-refractivity contribution in [2.24, 2.45) is 0 Å². The number of piperidine rings is 1. The maximum Gasteiger partial charge on any atom is 0.339 e. The minimum absolute atomic E-state index is 0.338. The van der Waals surface area contributed by atoms with Crippen LogP contribution in [0.25, 0.3) is 0 Å². The van der Waals surface area contributed by atoms with Crippen LogP contribution < -0.4 is 15.0 Å². The van der Waals surface area contributed by atoms with Crippen molar-refractivity contribution in [3.8, 4) is 5.75 Å². The van der Waals surface area contributed by atoms with Crippen molar-refractivity contribution in [3.63, 3.8) is 0 Å². The SMILES string of the molecule is COc1cccc(C(=O)O[C@@H](C)C(=O)Nc2ccc(N3CCCCC3)cc2)c1. The van der Waals surface area contributed by atoms with Crippen molar-refractivity contribution in [1.82, 2.24) is 0 Å². The van der Waals surface area contributed by atoms with E-state index >= 15 is 0 Å². The molecular formula is C22H26N2O4. The van der Waals surface area contributed by atoms with Gasteiger partial charge in [0.2, 0.25) is 0 Å². The van der Waals surface area contributed by atoms with E-state index in [0.717, 1.165) is 18.8 Å². The maximum absolute atomic E-state index is 12.4. The van der Waals surface area contributed by atoms with Crippen LogP contribution in [0.3, 0.4) is 0 Å². The zero-order chi connectivity index (χ0) is 19.9. The zero-order valence-electron chi connectivity index (χ0n) is 16.3. The average molecular weight is 382 g/mol. The van der Waals surface area contributed by atoms with Crippen LogP contribution >= 0.6 is 0 Å². The number of nitrogens with zero attached hydrogens (tertiary/aromatic N) is 1. The van der Waals surface area contributed by atoms with Crippen molar-refractivity contribution in [2.75, 3.05) is 30.4 Å². The molecule has 1 N–H and O–H groups in total. The summed E-state index contributed by atoms with van der Waals surface area (Å²) in [5.74, 6) is -0.385. The first kappa shape index (κ1) is 19.7. The zero-order valence-corrected chi connectivity index (χ0v) is 16.3. The molecule has 0 saturated carbocycles. The van der Waals surface area contributed by atoms with E-state index in [9.17, 15) is 9.59 Å². The second-order valence-electron chi connectivity index (χ2n) is 6.86. The Bertz CT molecular complexity index is 814. The van der Waals surface area contributed by atoms with Gasteiger partial charge < -0.3 is 19.7 Å². The molecular weight excluding hydrogens is 356 g/mol. The highest BCUT2D eigenvalue weighted by atomic mass is 16.5. The van der Waals surface area contributed by atoms with E-state index in [1.165, 1.54) is 26.4 Å². The van der Waals surface area contributed by atoms with Crippen LogP contribution in [0, 0.1) is 0 Å². The largest absolute Gasteiger partial charge is 0.497 e. The van der Waals surface area contributed by atoms with Crippen LogP contribution in [0.4, 0.5) is 11.4 Å². The Labute approximate surface area is 165 Å². The fourth-order valence-electron chi connectivity index (χ4n) is 3.18. The summed E-state index contributed by atoms with van der Waals surface area (Å²) in [6, 6.07) is 14.4. The number of carbonyl (C=O) groups is 2. The molecule has 2 aromatic rings. The lowest BCUT2D eigenvalue weighted by atomic mass is 10.1. The number of esters is 1. The van der Waals surface area contributed by atoms with E-state index in [4.69, 9.17) is 9.47 Å². The number of nitrogens with one attached hydrogen (secondary N) is 1. The molecule has 1 heterocycles. The fourth-order valence-corrected chi connectivity index (χ4v) is 3.18. The van der Waals surface area contributed by atoms with Crippen LogP contribution in [0.2, 0.25) is 0 Å². The number of ether oxygens (including phenoxy) is 2. The van der Waals surface area contributed by atoms with Gasteiger partial charge in [0.05, 0.1) is 12.7 Å². The first-order valence-corrected chi connectivity index (χ1v) is 9.58. The standard InChI is InChI=1S/C22H26N2O4/c1-16(28-22(26)17-7-6-8-20(15-17)27-2)21(25)23-18-9-11-19(12-10-18)24-13-4-3-5-14-24/h6-12,15-16H,3-5,13-14H2,1-2H3,(H,23,25)/t16-/m0/s1. The van der Waals surface area contributed by atoms with Crippen molar-refractivity contribution in [3.05, 3.63) is 54.1 Å². The summed E-state index contributed by atoms with van der Waals surface area (Å²) in [6.45, 7) is 3.70. The number of benzene rings is 2. The molecule has 1 fully saturated rings. The second kappa shape index (κ2) is 9.26. The average Bonchev–Trinajstić information content (AvgIpc) is 2.74. The van der Waals surface area contributed by atoms with Gasteiger partial charge in [-0.05, 0) is 68.7 Å². The van der Waals surface area contributed by atoms with Gasteiger partial charge in [0.1, 0.15) is 5.75 Å². The highest BCUT2D eigenvalue weighted by molar-refractivity contribution is 5.97. The van der Waals surface area contributed by atoms with Gasteiger partial charge in [0, 0.05) is 24.5 Å². The molecule has 1 atom stereocenters. The number of carbonyl (C=O) groups excluding carboxylic acids is 2. The molecule has 6 nitrogen and oxygen atoms in total. The van der Waals surface area contributed by atoms with E-state index in [0.29, 0.717) is 17.0 Å². The molecule has 0 aromatic heterocycles. The molecule has 28 heavy (non-hydrogen) atoms.